The number of nitrogens with one attached hydrogen (secondary N) is 2. The summed E-state index contributed by atoms with van der Waals surface area (Å²) in [5.41, 5.74) is 1.71. The number of fused-ring (bicyclic) bond motifs is 1. The van der Waals surface area contributed by atoms with Gasteiger partial charge in [-0.1, -0.05) is 38.8 Å². The van der Waals surface area contributed by atoms with Gasteiger partial charge in [-0.2, -0.15) is 0 Å². The molecular formula is C15H22N2O. The van der Waals surface area contributed by atoms with Crippen LogP contribution in [0.4, 0.5) is 5.69 Å². The van der Waals surface area contributed by atoms with Gasteiger partial charge in [0.2, 0.25) is 0 Å². The Kier molecular flexibility index (Phi) is 4.24. The third-order valence-electron chi connectivity index (χ3n) is 3.69. The van der Waals surface area contributed by atoms with E-state index in [0.29, 0.717) is 5.92 Å². The molecule has 0 saturated heterocycles. The zero-order chi connectivity index (χ0) is 13.0. The van der Waals surface area contributed by atoms with Gasteiger partial charge in [0.05, 0.1) is 5.56 Å². The van der Waals surface area contributed by atoms with Crippen LogP contribution in [0.3, 0.4) is 0 Å². The SMILES string of the molecule is CCCCC(CC)[C@@H]1NC(=O)c2ccccc2N1. The van der Waals surface area contributed by atoms with Crippen LogP contribution in [-0.2, 0) is 0 Å². The van der Waals surface area contributed by atoms with Crippen molar-refractivity contribution in [3.8, 4) is 0 Å². The Morgan fingerprint density at radius 3 is 2.72 bits per heavy atom. The molecule has 0 spiro atoms. The van der Waals surface area contributed by atoms with Crippen LogP contribution in [0.1, 0.15) is 49.9 Å². The molecule has 0 saturated carbocycles. The molecule has 0 radical (unpaired) electrons. The molecule has 1 aliphatic rings. The molecule has 1 heterocycles. The van der Waals surface area contributed by atoms with Crippen molar-refractivity contribution in [2.45, 2.75) is 45.7 Å². The number of carbonyl (C=O) groups is 1. The Balaban J connectivity index is 2.11. The molecule has 0 fully saturated rings. The molecule has 1 unspecified atom stereocenters. The maximum Gasteiger partial charge on any atom is 0.254 e. The smallest absolute Gasteiger partial charge is 0.254 e. The molecule has 2 atom stereocenters. The second kappa shape index (κ2) is 5.89. The minimum Gasteiger partial charge on any atom is -0.364 e. The fourth-order valence-electron chi connectivity index (χ4n) is 2.54. The molecule has 0 bridgehead atoms. The maximum absolute atomic E-state index is 12.0. The van der Waals surface area contributed by atoms with Crippen molar-refractivity contribution in [2.24, 2.45) is 5.92 Å². The normalized spacial score (nSPS) is 19.7. The molecular weight excluding hydrogens is 224 g/mol. The average molecular weight is 246 g/mol. The van der Waals surface area contributed by atoms with Crippen LogP contribution < -0.4 is 10.6 Å². The highest BCUT2D eigenvalue weighted by Gasteiger charge is 2.27. The molecule has 0 aliphatic carbocycles. The van der Waals surface area contributed by atoms with E-state index < -0.39 is 0 Å². The lowest BCUT2D eigenvalue weighted by molar-refractivity contribution is 0.0919. The number of hydrogen-bond acceptors (Lipinski definition) is 2. The largest absolute Gasteiger partial charge is 0.364 e. The number of rotatable bonds is 5. The summed E-state index contributed by atoms with van der Waals surface area (Å²) in [5.74, 6) is 0.548. The van der Waals surface area contributed by atoms with Crippen LogP contribution in [0, 0.1) is 5.92 Å². The fraction of sp³-hybridized carbons (Fsp3) is 0.533. The van der Waals surface area contributed by atoms with Crippen molar-refractivity contribution in [2.75, 3.05) is 5.32 Å². The van der Waals surface area contributed by atoms with Crippen molar-refractivity contribution in [1.82, 2.24) is 5.32 Å². The van der Waals surface area contributed by atoms with Crippen molar-refractivity contribution in [3.63, 3.8) is 0 Å². The first kappa shape index (κ1) is 12.9. The van der Waals surface area contributed by atoms with Crippen LogP contribution in [0.5, 0.6) is 0 Å². The van der Waals surface area contributed by atoms with Gasteiger partial charge >= 0.3 is 0 Å². The van der Waals surface area contributed by atoms with E-state index in [-0.39, 0.29) is 12.1 Å². The predicted molar refractivity (Wildman–Crippen MR) is 74.6 cm³/mol. The zero-order valence-electron chi connectivity index (χ0n) is 11.2. The van der Waals surface area contributed by atoms with Gasteiger partial charge in [-0.15, -0.1) is 0 Å². The Bertz CT molecular complexity index is 417. The summed E-state index contributed by atoms with van der Waals surface area (Å²) in [7, 11) is 0. The molecule has 1 aromatic rings. The highest BCUT2D eigenvalue weighted by Crippen LogP contribution is 2.25. The molecule has 0 aromatic heterocycles. The zero-order valence-corrected chi connectivity index (χ0v) is 11.2. The van der Waals surface area contributed by atoms with E-state index in [1.807, 2.05) is 24.3 Å². The average Bonchev–Trinajstić information content (AvgIpc) is 2.40. The second-order valence-corrected chi connectivity index (χ2v) is 4.95. The molecule has 3 nitrogen and oxygen atoms in total. The van der Waals surface area contributed by atoms with E-state index in [4.69, 9.17) is 0 Å². The van der Waals surface area contributed by atoms with Gasteiger partial charge < -0.3 is 10.6 Å². The third kappa shape index (κ3) is 2.66. The lowest BCUT2D eigenvalue weighted by Crippen LogP contribution is -2.49. The fourth-order valence-corrected chi connectivity index (χ4v) is 2.54. The topological polar surface area (TPSA) is 41.1 Å². The molecule has 2 N–H and O–H groups in total. The Labute approximate surface area is 109 Å². The quantitative estimate of drug-likeness (QED) is 0.836. The lowest BCUT2D eigenvalue weighted by atomic mass is 9.94. The number of benzene rings is 1. The minimum atomic E-state index is 0.0456. The standard InChI is InChI=1S/C15H22N2O/c1-3-5-8-11(4-2)14-16-13-10-7-6-9-12(13)15(18)17-14/h6-7,9-11,14,16H,3-5,8H2,1-2H3,(H,17,18)/t11?,14-/m0/s1. The summed E-state index contributed by atoms with van der Waals surface area (Å²) < 4.78 is 0. The lowest BCUT2D eigenvalue weighted by Gasteiger charge is -2.33. The van der Waals surface area contributed by atoms with Gasteiger partial charge in [-0.05, 0) is 30.9 Å². The van der Waals surface area contributed by atoms with E-state index in [1.54, 1.807) is 0 Å². The van der Waals surface area contributed by atoms with E-state index in [2.05, 4.69) is 24.5 Å². The summed E-state index contributed by atoms with van der Waals surface area (Å²) in [4.78, 5) is 12.0. The van der Waals surface area contributed by atoms with Crippen LogP contribution in [0.25, 0.3) is 0 Å². The number of unbranched alkanes of at least 4 members (excludes halogenated alkanes) is 1. The highest BCUT2D eigenvalue weighted by atomic mass is 16.2. The third-order valence-corrected chi connectivity index (χ3v) is 3.69. The van der Waals surface area contributed by atoms with E-state index >= 15 is 0 Å². The van der Waals surface area contributed by atoms with Gasteiger partial charge in [0, 0.05) is 5.69 Å². The Morgan fingerprint density at radius 1 is 1.22 bits per heavy atom. The molecule has 1 aromatic carbocycles. The Hall–Kier alpha value is -1.51. The first-order chi connectivity index (χ1) is 8.76. The van der Waals surface area contributed by atoms with Gasteiger partial charge in [0.25, 0.3) is 5.91 Å². The van der Waals surface area contributed by atoms with Crippen LogP contribution in [0.15, 0.2) is 24.3 Å². The van der Waals surface area contributed by atoms with Crippen molar-refractivity contribution < 1.29 is 4.79 Å². The second-order valence-electron chi connectivity index (χ2n) is 4.95. The summed E-state index contributed by atoms with van der Waals surface area (Å²) >= 11 is 0. The van der Waals surface area contributed by atoms with Crippen LogP contribution >= 0.6 is 0 Å². The molecule has 1 amide bonds. The van der Waals surface area contributed by atoms with Gasteiger partial charge in [-0.25, -0.2) is 0 Å². The number of anilines is 1. The van der Waals surface area contributed by atoms with E-state index in [1.165, 1.54) is 12.8 Å². The number of carbonyl (C=O) groups excluding carboxylic acids is 1. The van der Waals surface area contributed by atoms with Crippen LogP contribution in [-0.4, -0.2) is 12.1 Å². The Morgan fingerprint density at radius 2 is 2.00 bits per heavy atom. The first-order valence-corrected chi connectivity index (χ1v) is 6.92. The molecule has 2 rings (SSSR count). The van der Waals surface area contributed by atoms with E-state index in [9.17, 15) is 4.79 Å². The molecule has 18 heavy (non-hydrogen) atoms. The van der Waals surface area contributed by atoms with Gasteiger partial charge in [0.1, 0.15) is 6.17 Å². The van der Waals surface area contributed by atoms with Gasteiger partial charge in [0.15, 0.2) is 0 Å². The van der Waals surface area contributed by atoms with Crippen molar-refractivity contribution >= 4 is 11.6 Å². The van der Waals surface area contributed by atoms with Gasteiger partial charge in [-0.3, -0.25) is 4.79 Å². The summed E-state index contributed by atoms with van der Waals surface area (Å²) in [6, 6.07) is 7.71. The highest BCUT2D eigenvalue weighted by molar-refractivity contribution is 6.01. The number of hydrogen-bond donors (Lipinski definition) is 2. The van der Waals surface area contributed by atoms with E-state index in [0.717, 1.165) is 24.1 Å². The molecule has 98 valence electrons. The van der Waals surface area contributed by atoms with Crippen molar-refractivity contribution in [1.29, 1.82) is 0 Å². The minimum absolute atomic E-state index is 0.0456. The molecule has 1 aliphatic heterocycles. The number of amides is 1. The van der Waals surface area contributed by atoms with Crippen molar-refractivity contribution in [3.05, 3.63) is 29.8 Å². The monoisotopic (exact) mass is 246 g/mol. The number of para-hydroxylation sites is 1. The summed E-state index contributed by atoms with van der Waals surface area (Å²) in [6.45, 7) is 4.39. The summed E-state index contributed by atoms with van der Waals surface area (Å²) in [6.07, 6.45) is 4.73. The maximum atomic E-state index is 12.0. The predicted octanol–water partition coefficient (Wildman–Crippen LogP) is 3.38. The molecule has 3 heteroatoms. The van der Waals surface area contributed by atoms with Crippen LogP contribution in [0.2, 0.25) is 0 Å². The summed E-state index contributed by atoms with van der Waals surface area (Å²) in [5, 5.41) is 6.54. The first-order valence-electron chi connectivity index (χ1n) is 6.92.